The molecule has 0 aliphatic carbocycles. The predicted octanol–water partition coefficient (Wildman–Crippen LogP) is 2.63. The first-order valence-corrected chi connectivity index (χ1v) is 10.1. The van der Waals surface area contributed by atoms with Gasteiger partial charge in [-0.05, 0) is 32.4 Å². The van der Waals surface area contributed by atoms with Crippen LogP contribution in [0.4, 0.5) is 0 Å². The molecule has 3 aromatic heterocycles. The van der Waals surface area contributed by atoms with Crippen molar-refractivity contribution in [3.05, 3.63) is 57.9 Å². The number of aromatic nitrogens is 4. The first-order valence-electron chi connectivity index (χ1n) is 9.24. The summed E-state index contributed by atoms with van der Waals surface area (Å²) in [5.74, 6) is 0.977. The SMILES string of the molecule is Cc1noc(C2CN(Cc3scnc3C)CCCN2C(=O)c2cccnc2)n1. The minimum Gasteiger partial charge on any atom is -0.337 e. The highest BCUT2D eigenvalue weighted by atomic mass is 32.1. The normalized spacial score (nSPS) is 18.2. The highest BCUT2D eigenvalue weighted by Crippen LogP contribution is 2.27. The number of aryl methyl sites for hydroxylation is 2. The van der Waals surface area contributed by atoms with Crippen molar-refractivity contribution in [2.24, 2.45) is 0 Å². The molecule has 0 bridgehead atoms. The molecule has 1 aliphatic rings. The lowest BCUT2D eigenvalue weighted by molar-refractivity contribution is 0.0631. The number of rotatable bonds is 4. The lowest BCUT2D eigenvalue weighted by atomic mass is 10.1. The fourth-order valence-electron chi connectivity index (χ4n) is 3.44. The van der Waals surface area contributed by atoms with Crippen molar-refractivity contribution in [2.45, 2.75) is 32.9 Å². The molecule has 0 aromatic carbocycles. The molecule has 0 saturated carbocycles. The van der Waals surface area contributed by atoms with Crippen molar-refractivity contribution in [3.8, 4) is 0 Å². The summed E-state index contributed by atoms with van der Waals surface area (Å²) in [7, 11) is 0. The minimum absolute atomic E-state index is 0.0650. The maximum Gasteiger partial charge on any atom is 0.256 e. The summed E-state index contributed by atoms with van der Waals surface area (Å²) in [6.45, 7) is 6.76. The Kier molecular flexibility index (Phi) is 5.45. The molecule has 8 nitrogen and oxygen atoms in total. The maximum absolute atomic E-state index is 13.2. The Morgan fingerprint density at radius 2 is 2.25 bits per heavy atom. The van der Waals surface area contributed by atoms with Gasteiger partial charge in [0.15, 0.2) is 5.82 Å². The van der Waals surface area contributed by atoms with Gasteiger partial charge in [-0.25, -0.2) is 4.98 Å². The summed E-state index contributed by atoms with van der Waals surface area (Å²) in [5, 5.41) is 3.94. The molecule has 3 aromatic rings. The zero-order chi connectivity index (χ0) is 19.5. The second-order valence-corrected chi connectivity index (χ2v) is 7.82. The minimum atomic E-state index is -0.301. The Hall–Kier alpha value is -2.65. The third kappa shape index (κ3) is 3.95. The fraction of sp³-hybridized carbons (Fsp3) is 0.421. The second kappa shape index (κ2) is 8.15. The largest absolute Gasteiger partial charge is 0.337 e. The van der Waals surface area contributed by atoms with Gasteiger partial charge in [-0.1, -0.05) is 5.16 Å². The summed E-state index contributed by atoms with van der Waals surface area (Å²) in [6, 6.07) is 3.26. The maximum atomic E-state index is 13.2. The van der Waals surface area contributed by atoms with E-state index in [4.69, 9.17) is 4.52 Å². The van der Waals surface area contributed by atoms with Gasteiger partial charge in [0.2, 0.25) is 0 Å². The van der Waals surface area contributed by atoms with Crippen LogP contribution in [0.1, 0.15) is 45.1 Å². The van der Waals surface area contributed by atoms with Gasteiger partial charge in [-0.3, -0.25) is 14.7 Å². The van der Waals surface area contributed by atoms with Gasteiger partial charge in [0.1, 0.15) is 6.04 Å². The Balaban J connectivity index is 1.62. The zero-order valence-electron chi connectivity index (χ0n) is 15.9. The van der Waals surface area contributed by atoms with E-state index in [1.807, 2.05) is 17.3 Å². The standard InChI is InChI=1S/C19H22N6O2S/c1-13-17(28-12-21-13)11-24-7-4-8-25(19(26)15-5-3-6-20-9-15)16(10-24)18-22-14(2)23-27-18/h3,5-6,9,12,16H,4,7-8,10-11H2,1-2H3. The fourth-order valence-corrected chi connectivity index (χ4v) is 4.26. The molecular formula is C19H22N6O2S. The Morgan fingerprint density at radius 1 is 1.36 bits per heavy atom. The van der Waals surface area contributed by atoms with Crippen LogP contribution in [-0.2, 0) is 6.54 Å². The van der Waals surface area contributed by atoms with E-state index in [9.17, 15) is 4.79 Å². The molecular weight excluding hydrogens is 376 g/mol. The molecule has 0 radical (unpaired) electrons. The summed E-state index contributed by atoms with van der Waals surface area (Å²) >= 11 is 1.66. The number of carbonyl (C=O) groups excluding carboxylic acids is 1. The van der Waals surface area contributed by atoms with Crippen LogP contribution in [0.15, 0.2) is 34.6 Å². The zero-order valence-corrected chi connectivity index (χ0v) is 16.7. The monoisotopic (exact) mass is 398 g/mol. The smallest absolute Gasteiger partial charge is 0.256 e. The number of amides is 1. The highest BCUT2D eigenvalue weighted by molar-refractivity contribution is 7.09. The van der Waals surface area contributed by atoms with Gasteiger partial charge in [0.25, 0.3) is 11.8 Å². The molecule has 1 atom stereocenters. The van der Waals surface area contributed by atoms with E-state index >= 15 is 0 Å². The number of thiazole rings is 1. The predicted molar refractivity (Wildman–Crippen MR) is 104 cm³/mol. The van der Waals surface area contributed by atoms with Gasteiger partial charge >= 0.3 is 0 Å². The number of hydrogen-bond acceptors (Lipinski definition) is 8. The number of hydrogen-bond donors (Lipinski definition) is 0. The van der Waals surface area contributed by atoms with Crippen LogP contribution in [0.5, 0.6) is 0 Å². The quantitative estimate of drug-likeness (QED) is 0.667. The van der Waals surface area contributed by atoms with Crippen molar-refractivity contribution in [1.29, 1.82) is 0 Å². The van der Waals surface area contributed by atoms with E-state index in [1.165, 1.54) is 4.88 Å². The van der Waals surface area contributed by atoms with E-state index in [0.717, 1.165) is 25.2 Å². The molecule has 0 N–H and O–H groups in total. The van der Waals surface area contributed by atoms with Crippen molar-refractivity contribution in [1.82, 2.24) is 29.9 Å². The summed E-state index contributed by atoms with van der Waals surface area (Å²) < 4.78 is 5.48. The molecule has 146 valence electrons. The summed E-state index contributed by atoms with van der Waals surface area (Å²) in [5.41, 5.74) is 3.50. The third-order valence-corrected chi connectivity index (χ3v) is 5.81. The molecule has 4 heterocycles. The van der Waals surface area contributed by atoms with E-state index in [-0.39, 0.29) is 11.9 Å². The van der Waals surface area contributed by atoms with Crippen molar-refractivity contribution in [2.75, 3.05) is 19.6 Å². The van der Waals surface area contributed by atoms with Gasteiger partial charge in [0, 0.05) is 43.4 Å². The highest BCUT2D eigenvalue weighted by Gasteiger charge is 2.34. The molecule has 4 rings (SSSR count). The second-order valence-electron chi connectivity index (χ2n) is 6.89. The van der Waals surface area contributed by atoms with Gasteiger partial charge in [0.05, 0.1) is 16.8 Å². The number of carbonyl (C=O) groups is 1. The van der Waals surface area contributed by atoms with E-state index in [0.29, 0.717) is 30.4 Å². The Morgan fingerprint density at radius 3 is 2.93 bits per heavy atom. The average molecular weight is 398 g/mol. The topological polar surface area (TPSA) is 88.3 Å². The molecule has 28 heavy (non-hydrogen) atoms. The van der Waals surface area contributed by atoms with Crippen molar-refractivity contribution in [3.63, 3.8) is 0 Å². The van der Waals surface area contributed by atoms with Crippen molar-refractivity contribution >= 4 is 17.2 Å². The lowest BCUT2D eigenvalue weighted by Crippen LogP contribution is -2.38. The molecule has 0 spiro atoms. The van der Waals surface area contributed by atoms with Crippen LogP contribution in [0.25, 0.3) is 0 Å². The average Bonchev–Trinajstić information content (AvgIpc) is 3.25. The molecule has 1 amide bonds. The molecule has 9 heteroatoms. The Bertz CT molecular complexity index is 941. The Labute approximate surface area is 167 Å². The van der Waals surface area contributed by atoms with E-state index in [1.54, 1.807) is 42.8 Å². The van der Waals surface area contributed by atoms with Crippen LogP contribution in [0, 0.1) is 13.8 Å². The van der Waals surface area contributed by atoms with Crippen molar-refractivity contribution < 1.29 is 9.32 Å². The van der Waals surface area contributed by atoms with Crippen LogP contribution in [0.3, 0.4) is 0 Å². The first kappa shape index (κ1) is 18.7. The molecule has 1 aliphatic heterocycles. The van der Waals surface area contributed by atoms with E-state index < -0.39 is 0 Å². The molecule has 1 unspecified atom stereocenters. The summed E-state index contributed by atoms with van der Waals surface area (Å²) in [6.07, 6.45) is 4.13. The third-order valence-electron chi connectivity index (χ3n) is 4.89. The first-order chi connectivity index (χ1) is 13.6. The number of pyridine rings is 1. The van der Waals surface area contributed by atoms with Crippen LogP contribution < -0.4 is 0 Å². The molecule has 1 saturated heterocycles. The van der Waals surface area contributed by atoms with Gasteiger partial charge in [-0.2, -0.15) is 4.98 Å². The van der Waals surface area contributed by atoms with Crippen LogP contribution in [0.2, 0.25) is 0 Å². The van der Waals surface area contributed by atoms with Crippen LogP contribution in [-0.4, -0.2) is 55.4 Å². The van der Waals surface area contributed by atoms with Gasteiger partial charge in [-0.15, -0.1) is 11.3 Å². The van der Waals surface area contributed by atoms with E-state index in [2.05, 4.69) is 25.0 Å². The number of nitrogens with zero attached hydrogens (tertiary/aromatic N) is 6. The lowest BCUT2D eigenvalue weighted by Gasteiger charge is -2.29. The summed E-state index contributed by atoms with van der Waals surface area (Å²) in [4.78, 5) is 31.5. The van der Waals surface area contributed by atoms with Gasteiger partial charge < -0.3 is 9.42 Å². The molecule has 1 fully saturated rings. The van der Waals surface area contributed by atoms with Crippen LogP contribution >= 0.6 is 11.3 Å².